The lowest BCUT2D eigenvalue weighted by Gasteiger charge is -2.18. The normalized spacial score (nSPS) is 9.67. The van der Waals surface area contributed by atoms with E-state index in [1.807, 2.05) is 6.26 Å². The smallest absolute Gasteiger partial charge is 0.323 e. The Morgan fingerprint density at radius 1 is 1.33 bits per heavy atom. The fourth-order valence-electron chi connectivity index (χ4n) is 0.931. The summed E-state index contributed by atoms with van der Waals surface area (Å²) < 4.78 is 0. The summed E-state index contributed by atoms with van der Waals surface area (Å²) in [6, 6.07) is 0. The Hall–Kier alpha value is -1.24. The van der Waals surface area contributed by atoms with E-state index in [2.05, 4.69) is 0 Å². The van der Waals surface area contributed by atoms with Gasteiger partial charge in [-0.15, -0.1) is 0 Å². The van der Waals surface area contributed by atoms with Crippen molar-refractivity contribution in [3.63, 3.8) is 0 Å². The van der Waals surface area contributed by atoms with Crippen LogP contribution in [0.2, 0.25) is 0 Å². The van der Waals surface area contributed by atoms with E-state index in [0.29, 0.717) is 5.75 Å². The predicted octanol–water partition coefficient (Wildman–Crippen LogP) is -0.862. The Balaban J connectivity index is 4.26. The lowest BCUT2D eigenvalue weighted by molar-refractivity contribution is -0.145. The molecule has 0 aromatic heterocycles. The van der Waals surface area contributed by atoms with Crippen LogP contribution >= 0.6 is 11.8 Å². The molecule has 0 fully saturated rings. The third-order valence-electron chi connectivity index (χ3n) is 1.55. The molecular formula is C8H14N2O4S. The molecule has 3 N–H and O–H groups in total. The fraction of sp³-hybridized carbons (Fsp3) is 0.625. The summed E-state index contributed by atoms with van der Waals surface area (Å²) in [7, 11) is 0. The number of amides is 2. The number of carbonyl (C=O) groups is 3. The van der Waals surface area contributed by atoms with Gasteiger partial charge in [0.2, 0.25) is 11.8 Å². The van der Waals surface area contributed by atoms with Gasteiger partial charge in [0.05, 0.1) is 6.54 Å². The van der Waals surface area contributed by atoms with Crippen LogP contribution in [-0.4, -0.2) is 52.9 Å². The average Bonchev–Trinajstić information content (AvgIpc) is 2.11. The van der Waals surface area contributed by atoms with Crippen molar-refractivity contribution in [1.29, 1.82) is 0 Å². The molecule has 0 aliphatic rings. The number of carboxylic acids is 1. The van der Waals surface area contributed by atoms with Gasteiger partial charge in [-0.2, -0.15) is 11.8 Å². The van der Waals surface area contributed by atoms with Crippen LogP contribution in [0.3, 0.4) is 0 Å². The number of hydrogen-bond donors (Lipinski definition) is 2. The highest BCUT2D eigenvalue weighted by molar-refractivity contribution is 7.98. The van der Waals surface area contributed by atoms with Crippen LogP contribution in [0.5, 0.6) is 0 Å². The number of primary amides is 1. The molecule has 15 heavy (non-hydrogen) atoms. The topological polar surface area (TPSA) is 101 Å². The summed E-state index contributed by atoms with van der Waals surface area (Å²) >= 11 is 1.47. The predicted molar refractivity (Wildman–Crippen MR) is 56.4 cm³/mol. The van der Waals surface area contributed by atoms with Gasteiger partial charge < -0.3 is 15.7 Å². The minimum atomic E-state index is -1.16. The van der Waals surface area contributed by atoms with Crippen LogP contribution in [0.25, 0.3) is 0 Å². The largest absolute Gasteiger partial charge is 0.480 e. The van der Waals surface area contributed by atoms with Crippen molar-refractivity contribution in [2.45, 2.75) is 6.42 Å². The van der Waals surface area contributed by atoms with Crippen molar-refractivity contribution in [2.75, 3.05) is 25.1 Å². The molecule has 0 aliphatic heterocycles. The maximum absolute atomic E-state index is 11.4. The molecule has 0 aliphatic carbocycles. The number of carboxylic acid groups (broad SMARTS) is 1. The minimum absolute atomic E-state index is 0.210. The number of thioether (sulfide) groups is 1. The van der Waals surface area contributed by atoms with Gasteiger partial charge in [-0.3, -0.25) is 14.4 Å². The lowest BCUT2D eigenvalue weighted by atomic mass is 10.3. The molecular weight excluding hydrogens is 220 g/mol. The van der Waals surface area contributed by atoms with E-state index in [4.69, 9.17) is 10.8 Å². The quantitative estimate of drug-likeness (QED) is 0.597. The summed E-state index contributed by atoms with van der Waals surface area (Å²) in [4.78, 5) is 33.4. The first kappa shape index (κ1) is 13.8. The van der Waals surface area contributed by atoms with Gasteiger partial charge in [0.25, 0.3) is 0 Å². The highest BCUT2D eigenvalue weighted by atomic mass is 32.2. The van der Waals surface area contributed by atoms with Crippen LogP contribution in [0.4, 0.5) is 0 Å². The average molecular weight is 234 g/mol. The summed E-state index contributed by atoms with van der Waals surface area (Å²) in [5.41, 5.74) is 4.90. The number of carbonyl (C=O) groups excluding carboxylic acids is 2. The molecule has 0 aromatic rings. The monoisotopic (exact) mass is 234 g/mol. The zero-order valence-corrected chi connectivity index (χ0v) is 9.25. The number of nitrogens with zero attached hydrogens (tertiary/aromatic N) is 1. The molecule has 0 bridgehead atoms. The summed E-state index contributed by atoms with van der Waals surface area (Å²) in [5, 5.41) is 8.52. The Morgan fingerprint density at radius 2 is 1.93 bits per heavy atom. The van der Waals surface area contributed by atoms with Crippen molar-refractivity contribution >= 4 is 29.5 Å². The molecule has 0 aromatic carbocycles. The van der Waals surface area contributed by atoms with Gasteiger partial charge >= 0.3 is 5.97 Å². The highest BCUT2D eigenvalue weighted by Crippen LogP contribution is 2.00. The van der Waals surface area contributed by atoms with E-state index in [9.17, 15) is 14.4 Å². The van der Waals surface area contributed by atoms with Crippen LogP contribution in [-0.2, 0) is 14.4 Å². The van der Waals surface area contributed by atoms with Crippen LogP contribution < -0.4 is 5.73 Å². The number of hydrogen-bond acceptors (Lipinski definition) is 4. The second-order valence-corrected chi connectivity index (χ2v) is 3.84. The second-order valence-electron chi connectivity index (χ2n) is 2.85. The van der Waals surface area contributed by atoms with E-state index in [0.717, 1.165) is 4.90 Å². The van der Waals surface area contributed by atoms with Gasteiger partial charge in [0, 0.05) is 12.2 Å². The Kier molecular flexibility index (Phi) is 6.52. The molecule has 86 valence electrons. The summed E-state index contributed by atoms with van der Waals surface area (Å²) in [6.07, 6.45) is 2.05. The van der Waals surface area contributed by atoms with E-state index in [-0.39, 0.29) is 18.9 Å². The molecule has 6 nitrogen and oxygen atoms in total. The van der Waals surface area contributed by atoms with Gasteiger partial charge in [-0.05, 0) is 6.26 Å². The van der Waals surface area contributed by atoms with Crippen molar-refractivity contribution < 1.29 is 19.5 Å². The molecule has 7 heteroatoms. The van der Waals surface area contributed by atoms with Crippen LogP contribution in [0.1, 0.15) is 6.42 Å². The van der Waals surface area contributed by atoms with E-state index in [1.54, 1.807) is 0 Å². The highest BCUT2D eigenvalue weighted by Gasteiger charge is 2.17. The first-order valence-electron chi connectivity index (χ1n) is 4.24. The van der Waals surface area contributed by atoms with Crippen molar-refractivity contribution in [3.05, 3.63) is 0 Å². The molecule has 2 amide bonds. The van der Waals surface area contributed by atoms with Crippen molar-refractivity contribution in [3.8, 4) is 0 Å². The van der Waals surface area contributed by atoms with Gasteiger partial charge in [-0.1, -0.05) is 0 Å². The number of rotatable bonds is 7. The number of nitrogens with two attached hydrogens (primary N) is 1. The zero-order valence-electron chi connectivity index (χ0n) is 8.43. The molecule has 0 rings (SSSR count). The van der Waals surface area contributed by atoms with Crippen molar-refractivity contribution in [1.82, 2.24) is 4.90 Å². The first-order chi connectivity index (χ1) is 6.97. The minimum Gasteiger partial charge on any atom is -0.480 e. The molecule has 0 saturated heterocycles. The third-order valence-corrected chi connectivity index (χ3v) is 2.16. The maximum atomic E-state index is 11.4. The van der Waals surface area contributed by atoms with Crippen LogP contribution in [0.15, 0.2) is 0 Å². The van der Waals surface area contributed by atoms with Crippen LogP contribution in [0, 0.1) is 0 Å². The molecule has 0 spiro atoms. The molecule has 0 radical (unpaired) electrons. The van der Waals surface area contributed by atoms with Crippen molar-refractivity contribution in [2.24, 2.45) is 5.73 Å². The SMILES string of the molecule is CSCCC(=O)N(CC(N)=O)CC(=O)O. The van der Waals surface area contributed by atoms with E-state index in [1.165, 1.54) is 11.8 Å². The molecule has 0 saturated carbocycles. The van der Waals surface area contributed by atoms with Gasteiger partial charge in [-0.25, -0.2) is 0 Å². The van der Waals surface area contributed by atoms with Gasteiger partial charge in [0.1, 0.15) is 6.54 Å². The molecule has 0 heterocycles. The number of aliphatic carboxylic acids is 1. The Labute approximate surface area is 91.8 Å². The van der Waals surface area contributed by atoms with E-state index >= 15 is 0 Å². The van der Waals surface area contributed by atoms with Gasteiger partial charge in [0.15, 0.2) is 0 Å². The Bertz CT molecular complexity index is 241. The zero-order chi connectivity index (χ0) is 11.8. The fourth-order valence-corrected chi connectivity index (χ4v) is 1.31. The summed E-state index contributed by atoms with van der Waals surface area (Å²) in [6.45, 7) is -0.838. The first-order valence-corrected chi connectivity index (χ1v) is 5.63. The second kappa shape index (κ2) is 7.10. The third kappa shape index (κ3) is 6.78. The maximum Gasteiger partial charge on any atom is 0.323 e. The summed E-state index contributed by atoms with van der Waals surface area (Å²) in [5.74, 6) is -1.65. The van der Waals surface area contributed by atoms with E-state index < -0.39 is 18.4 Å². The Morgan fingerprint density at radius 3 is 2.33 bits per heavy atom. The molecule has 0 atom stereocenters. The standard InChI is InChI=1S/C8H14N2O4S/c1-15-3-2-7(12)10(4-6(9)11)5-8(13)14/h2-5H2,1H3,(H2,9,11)(H,13,14). The lowest BCUT2D eigenvalue weighted by Crippen LogP contribution is -2.41. The molecule has 0 unspecified atom stereocenters.